The second kappa shape index (κ2) is 7.68. The minimum atomic E-state index is 0.648. The fourth-order valence-electron chi connectivity index (χ4n) is 2.45. The predicted molar refractivity (Wildman–Crippen MR) is 97.5 cm³/mol. The number of hydrogen-bond donors (Lipinski definition) is 1. The minimum absolute atomic E-state index is 0.648. The molecule has 2 rings (SSSR count). The Labute approximate surface area is 140 Å². The van der Waals surface area contributed by atoms with Crippen LogP contribution in [0.25, 0.3) is 10.9 Å². The average Bonchev–Trinajstić information content (AvgIpc) is 2.71. The lowest BCUT2D eigenvalue weighted by Gasteiger charge is -2.08. The SMILES string of the molecule is CC(C)Cn1cc(CCNSN(C)C)c2ccc(Br)cc21. The summed E-state index contributed by atoms with van der Waals surface area (Å²) in [6.07, 6.45) is 3.36. The minimum Gasteiger partial charge on any atom is -0.347 e. The van der Waals surface area contributed by atoms with Gasteiger partial charge in [0.25, 0.3) is 0 Å². The van der Waals surface area contributed by atoms with Crippen molar-refractivity contribution in [2.75, 3.05) is 20.6 Å². The zero-order valence-corrected chi connectivity index (χ0v) is 15.6. The molecule has 2 aromatic rings. The highest BCUT2D eigenvalue weighted by molar-refractivity contribution is 9.10. The van der Waals surface area contributed by atoms with Crippen LogP contribution in [-0.4, -0.2) is 29.5 Å². The number of benzene rings is 1. The molecule has 116 valence electrons. The summed E-state index contributed by atoms with van der Waals surface area (Å²) in [5.41, 5.74) is 2.75. The fraction of sp³-hybridized carbons (Fsp3) is 0.500. The van der Waals surface area contributed by atoms with Gasteiger partial charge in [-0.2, -0.15) is 0 Å². The van der Waals surface area contributed by atoms with Crippen LogP contribution in [-0.2, 0) is 13.0 Å². The second-order valence-corrected chi connectivity index (χ2v) is 8.03. The summed E-state index contributed by atoms with van der Waals surface area (Å²) in [5.74, 6) is 0.648. The van der Waals surface area contributed by atoms with Crippen LogP contribution in [0.4, 0.5) is 0 Å². The van der Waals surface area contributed by atoms with Crippen molar-refractivity contribution in [2.24, 2.45) is 5.92 Å². The molecular weight excluding hydrogens is 346 g/mol. The first-order valence-corrected chi connectivity index (χ1v) is 8.88. The molecule has 0 unspecified atom stereocenters. The zero-order valence-electron chi connectivity index (χ0n) is 13.2. The maximum absolute atomic E-state index is 3.59. The van der Waals surface area contributed by atoms with Crippen LogP contribution in [0.15, 0.2) is 28.9 Å². The van der Waals surface area contributed by atoms with E-state index in [1.54, 1.807) is 12.1 Å². The molecule has 0 spiro atoms. The first-order chi connectivity index (χ1) is 9.97. The van der Waals surface area contributed by atoms with E-state index >= 15 is 0 Å². The van der Waals surface area contributed by atoms with Gasteiger partial charge >= 0.3 is 0 Å². The fourth-order valence-corrected chi connectivity index (χ4v) is 3.25. The Bertz CT molecular complexity index is 592. The third kappa shape index (κ3) is 4.74. The van der Waals surface area contributed by atoms with Gasteiger partial charge in [0.15, 0.2) is 0 Å². The van der Waals surface area contributed by atoms with Crippen molar-refractivity contribution in [1.82, 2.24) is 13.6 Å². The molecule has 0 amide bonds. The van der Waals surface area contributed by atoms with E-state index in [0.717, 1.165) is 24.0 Å². The van der Waals surface area contributed by atoms with E-state index in [1.807, 2.05) is 14.1 Å². The van der Waals surface area contributed by atoms with Gasteiger partial charge in [-0.3, -0.25) is 4.72 Å². The van der Waals surface area contributed by atoms with Gasteiger partial charge < -0.3 is 4.57 Å². The number of fused-ring (bicyclic) bond motifs is 1. The van der Waals surface area contributed by atoms with E-state index in [9.17, 15) is 0 Å². The molecule has 5 heteroatoms. The molecule has 0 radical (unpaired) electrons. The van der Waals surface area contributed by atoms with Crippen molar-refractivity contribution in [3.63, 3.8) is 0 Å². The van der Waals surface area contributed by atoms with Crippen molar-refractivity contribution < 1.29 is 0 Å². The molecule has 0 bridgehead atoms. The molecular formula is C16H24BrN3S. The van der Waals surface area contributed by atoms with Crippen LogP contribution in [0.5, 0.6) is 0 Å². The van der Waals surface area contributed by atoms with Gasteiger partial charge in [-0.05, 0) is 44.1 Å². The Balaban J connectivity index is 2.18. The average molecular weight is 370 g/mol. The van der Waals surface area contributed by atoms with E-state index in [0.29, 0.717) is 5.92 Å². The van der Waals surface area contributed by atoms with Crippen molar-refractivity contribution in [2.45, 2.75) is 26.8 Å². The standard InChI is InChI=1S/C16H24BrN3S/c1-12(2)10-20-11-13(7-8-18-21-19(3)4)15-6-5-14(17)9-16(15)20/h5-6,9,11-12,18H,7-8,10H2,1-4H3. The van der Waals surface area contributed by atoms with Gasteiger partial charge in [0, 0.05) is 46.8 Å². The highest BCUT2D eigenvalue weighted by Gasteiger charge is 2.10. The smallest absolute Gasteiger partial charge is 0.0494 e. The molecule has 1 aromatic carbocycles. The molecule has 21 heavy (non-hydrogen) atoms. The van der Waals surface area contributed by atoms with E-state index in [1.165, 1.54) is 16.5 Å². The molecule has 0 aliphatic rings. The molecule has 0 saturated heterocycles. The molecule has 1 N–H and O–H groups in total. The summed E-state index contributed by atoms with van der Waals surface area (Å²) >= 11 is 5.23. The van der Waals surface area contributed by atoms with Gasteiger partial charge in [-0.15, -0.1) is 0 Å². The highest BCUT2D eigenvalue weighted by Crippen LogP contribution is 2.26. The predicted octanol–water partition coefficient (Wildman–Crippen LogP) is 4.32. The van der Waals surface area contributed by atoms with Crippen molar-refractivity contribution in [3.05, 3.63) is 34.4 Å². The maximum atomic E-state index is 3.59. The Morgan fingerprint density at radius 3 is 2.76 bits per heavy atom. The second-order valence-electron chi connectivity index (χ2n) is 5.91. The maximum Gasteiger partial charge on any atom is 0.0494 e. The summed E-state index contributed by atoms with van der Waals surface area (Å²) in [6.45, 7) is 6.56. The Morgan fingerprint density at radius 1 is 1.33 bits per heavy atom. The van der Waals surface area contributed by atoms with Crippen LogP contribution in [0, 0.1) is 5.92 Å². The normalized spacial score (nSPS) is 12.0. The van der Waals surface area contributed by atoms with Crippen LogP contribution in [0.2, 0.25) is 0 Å². The van der Waals surface area contributed by atoms with Crippen molar-refractivity contribution >= 4 is 39.0 Å². The van der Waals surface area contributed by atoms with Crippen LogP contribution >= 0.6 is 28.1 Å². The Kier molecular flexibility index (Phi) is 6.17. The summed E-state index contributed by atoms with van der Waals surface area (Å²) in [7, 11) is 4.09. The lowest BCUT2D eigenvalue weighted by atomic mass is 10.1. The molecule has 0 aliphatic heterocycles. The quantitative estimate of drug-likeness (QED) is 0.579. The Hall–Kier alpha value is -0.490. The summed E-state index contributed by atoms with van der Waals surface area (Å²) in [5, 5.41) is 1.37. The zero-order chi connectivity index (χ0) is 15.4. The molecule has 0 fully saturated rings. The third-order valence-electron chi connectivity index (χ3n) is 3.23. The number of halogens is 1. The topological polar surface area (TPSA) is 20.2 Å². The molecule has 0 saturated carbocycles. The number of hydrogen-bond acceptors (Lipinski definition) is 3. The molecule has 0 aliphatic carbocycles. The summed E-state index contributed by atoms with van der Waals surface area (Å²) < 4.78 is 8.98. The third-order valence-corrected chi connectivity index (χ3v) is 4.42. The van der Waals surface area contributed by atoms with E-state index in [4.69, 9.17) is 0 Å². The molecule has 1 heterocycles. The molecule has 1 aromatic heterocycles. The van der Waals surface area contributed by atoms with Crippen LogP contribution < -0.4 is 4.72 Å². The number of nitrogens with one attached hydrogen (secondary N) is 1. The number of nitrogens with zero attached hydrogens (tertiary/aromatic N) is 2. The van der Waals surface area contributed by atoms with Crippen LogP contribution in [0.3, 0.4) is 0 Å². The van der Waals surface area contributed by atoms with Crippen molar-refractivity contribution in [3.8, 4) is 0 Å². The van der Waals surface area contributed by atoms with Gasteiger partial charge in [-0.25, -0.2) is 4.31 Å². The summed E-state index contributed by atoms with van der Waals surface area (Å²) in [4.78, 5) is 0. The van der Waals surface area contributed by atoms with E-state index in [-0.39, 0.29) is 0 Å². The Morgan fingerprint density at radius 2 is 2.10 bits per heavy atom. The monoisotopic (exact) mass is 369 g/mol. The van der Waals surface area contributed by atoms with Gasteiger partial charge in [-0.1, -0.05) is 35.8 Å². The first-order valence-electron chi connectivity index (χ1n) is 7.31. The lowest BCUT2D eigenvalue weighted by Crippen LogP contribution is -2.15. The van der Waals surface area contributed by atoms with Gasteiger partial charge in [0.2, 0.25) is 0 Å². The highest BCUT2D eigenvalue weighted by atomic mass is 79.9. The van der Waals surface area contributed by atoms with Gasteiger partial charge in [0.05, 0.1) is 0 Å². The van der Waals surface area contributed by atoms with E-state index in [2.05, 4.69) is 67.8 Å². The largest absolute Gasteiger partial charge is 0.347 e. The van der Waals surface area contributed by atoms with Gasteiger partial charge in [0.1, 0.15) is 0 Å². The first kappa shape index (κ1) is 16.9. The number of rotatable bonds is 7. The van der Waals surface area contributed by atoms with E-state index < -0.39 is 0 Å². The lowest BCUT2D eigenvalue weighted by molar-refractivity contribution is 0.534. The molecule has 0 atom stereocenters. The van der Waals surface area contributed by atoms with Crippen LogP contribution in [0.1, 0.15) is 19.4 Å². The molecule has 3 nitrogen and oxygen atoms in total. The number of aromatic nitrogens is 1. The van der Waals surface area contributed by atoms with Crippen molar-refractivity contribution in [1.29, 1.82) is 0 Å². The summed E-state index contributed by atoms with van der Waals surface area (Å²) in [6, 6.07) is 6.58.